The zero-order valence-corrected chi connectivity index (χ0v) is 10.8. The predicted molar refractivity (Wildman–Crippen MR) is 73.0 cm³/mol. The van der Waals surface area contributed by atoms with Crippen LogP contribution in [0.4, 0.5) is 0 Å². The molecule has 0 N–H and O–H groups in total. The van der Waals surface area contributed by atoms with Crippen molar-refractivity contribution in [1.29, 1.82) is 0 Å². The van der Waals surface area contributed by atoms with Gasteiger partial charge in [0.05, 0.1) is 0 Å². The van der Waals surface area contributed by atoms with Crippen LogP contribution in [0, 0.1) is 5.92 Å². The summed E-state index contributed by atoms with van der Waals surface area (Å²) in [6.07, 6.45) is 12.3. The average molecular weight is 206 g/mol. The van der Waals surface area contributed by atoms with Crippen LogP contribution in [0.25, 0.3) is 0 Å². The number of rotatable bonds is 5. The van der Waals surface area contributed by atoms with Gasteiger partial charge in [0.1, 0.15) is 0 Å². The minimum Gasteiger partial charge on any atom is -0.0991 e. The van der Waals surface area contributed by atoms with E-state index in [0.29, 0.717) is 5.92 Å². The quantitative estimate of drug-likeness (QED) is 0.423. The molecule has 0 saturated heterocycles. The van der Waals surface area contributed by atoms with Gasteiger partial charge in [0.25, 0.3) is 0 Å². The van der Waals surface area contributed by atoms with Gasteiger partial charge in [-0.2, -0.15) is 0 Å². The van der Waals surface area contributed by atoms with E-state index in [9.17, 15) is 0 Å². The van der Waals surface area contributed by atoms with Gasteiger partial charge in [0.2, 0.25) is 0 Å². The largest absolute Gasteiger partial charge is 0.0991 e. The summed E-state index contributed by atoms with van der Waals surface area (Å²) in [4.78, 5) is 0. The van der Waals surface area contributed by atoms with E-state index in [1.54, 1.807) is 0 Å². The molecule has 0 rings (SSSR count). The van der Waals surface area contributed by atoms with E-state index in [0.717, 1.165) is 6.42 Å². The molecule has 0 aromatic heterocycles. The van der Waals surface area contributed by atoms with Crippen molar-refractivity contribution in [2.45, 2.75) is 40.5 Å². The fourth-order valence-electron chi connectivity index (χ4n) is 1.19. The van der Waals surface area contributed by atoms with Crippen molar-refractivity contribution in [1.82, 2.24) is 0 Å². The van der Waals surface area contributed by atoms with Gasteiger partial charge in [0.15, 0.2) is 0 Å². The van der Waals surface area contributed by atoms with Gasteiger partial charge in [-0.05, 0) is 18.9 Å². The van der Waals surface area contributed by atoms with Crippen LogP contribution in [0.1, 0.15) is 40.5 Å². The maximum absolute atomic E-state index is 3.78. The minimum atomic E-state index is 0.491. The Bertz CT molecular complexity index is 206. The van der Waals surface area contributed by atoms with Crippen molar-refractivity contribution in [2.24, 2.45) is 5.92 Å². The summed E-state index contributed by atoms with van der Waals surface area (Å²) >= 11 is 0. The maximum Gasteiger partial charge on any atom is 0.00150 e. The van der Waals surface area contributed by atoms with Crippen molar-refractivity contribution < 1.29 is 0 Å². The Balaban J connectivity index is 0. The van der Waals surface area contributed by atoms with E-state index in [2.05, 4.69) is 46.1 Å². The lowest BCUT2D eigenvalue weighted by Crippen LogP contribution is -1.96. The van der Waals surface area contributed by atoms with Crippen molar-refractivity contribution in [3.63, 3.8) is 0 Å². The fourth-order valence-corrected chi connectivity index (χ4v) is 1.19. The summed E-state index contributed by atoms with van der Waals surface area (Å²) in [5.74, 6) is 0.491. The predicted octanol–water partition coefficient (Wildman–Crippen LogP) is 5.30. The summed E-state index contributed by atoms with van der Waals surface area (Å²) < 4.78 is 0. The second kappa shape index (κ2) is 13.0. The van der Waals surface area contributed by atoms with E-state index < -0.39 is 0 Å². The highest BCUT2D eigenvalue weighted by Gasteiger charge is 2.03. The van der Waals surface area contributed by atoms with E-state index in [-0.39, 0.29) is 0 Å². The average Bonchev–Trinajstić information content (AvgIpc) is 2.24. The fraction of sp³-hybridized carbons (Fsp3) is 0.467. The van der Waals surface area contributed by atoms with Crippen LogP contribution >= 0.6 is 0 Å². The zero-order valence-electron chi connectivity index (χ0n) is 10.8. The molecule has 86 valence electrons. The van der Waals surface area contributed by atoms with Gasteiger partial charge in [-0.15, -0.1) is 0 Å². The van der Waals surface area contributed by atoms with Crippen LogP contribution in [-0.2, 0) is 0 Å². The van der Waals surface area contributed by atoms with E-state index in [1.807, 2.05) is 25.2 Å². The molecule has 1 unspecified atom stereocenters. The van der Waals surface area contributed by atoms with Crippen LogP contribution in [0.5, 0.6) is 0 Å². The van der Waals surface area contributed by atoms with Crippen LogP contribution in [0.15, 0.2) is 49.1 Å². The molecule has 0 aliphatic rings. The molecular formula is C15H26. The van der Waals surface area contributed by atoms with Crippen LogP contribution in [-0.4, -0.2) is 0 Å². The third-order valence-corrected chi connectivity index (χ3v) is 1.84. The van der Waals surface area contributed by atoms with E-state index >= 15 is 0 Å². The normalized spacial score (nSPS) is 12.9. The molecule has 0 spiro atoms. The Morgan fingerprint density at radius 3 is 2.00 bits per heavy atom. The number of allylic oxidation sites excluding steroid dienone is 6. The highest BCUT2D eigenvalue weighted by Crippen LogP contribution is 2.17. The summed E-state index contributed by atoms with van der Waals surface area (Å²) in [5.41, 5.74) is 1.24. The Morgan fingerprint density at radius 2 is 1.73 bits per heavy atom. The summed E-state index contributed by atoms with van der Waals surface area (Å²) in [6, 6.07) is 0. The molecule has 0 aliphatic carbocycles. The Labute approximate surface area is 96.1 Å². The molecule has 0 aromatic carbocycles. The molecular weight excluding hydrogens is 180 g/mol. The number of hydrogen-bond donors (Lipinski definition) is 0. The second-order valence-corrected chi connectivity index (χ2v) is 3.35. The molecule has 0 aromatic rings. The van der Waals surface area contributed by atoms with Gasteiger partial charge < -0.3 is 0 Å². The van der Waals surface area contributed by atoms with Crippen molar-refractivity contribution >= 4 is 0 Å². The number of hydrogen-bond acceptors (Lipinski definition) is 0. The van der Waals surface area contributed by atoms with Gasteiger partial charge in [-0.3, -0.25) is 0 Å². The molecule has 0 fully saturated rings. The molecule has 0 amide bonds. The first kappa shape index (κ1) is 16.4. The van der Waals surface area contributed by atoms with Crippen LogP contribution in [0.2, 0.25) is 0 Å². The molecule has 0 nitrogen and oxygen atoms in total. The maximum atomic E-state index is 3.78. The first-order chi connectivity index (χ1) is 7.21. The standard InChI is InChI=1S/C12H18.C3H8/c1-5-9-11(7-3)12(8-4)10-6-2;1-3-2/h5-7,9-10,12H,1,3,8H2,2,4H3;3H2,1-2H3/b10-6-,11-9+;. The molecule has 15 heavy (non-hydrogen) atoms. The van der Waals surface area contributed by atoms with Gasteiger partial charge in [0, 0.05) is 5.92 Å². The third kappa shape index (κ3) is 9.27. The van der Waals surface area contributed by atoms with Crippen molar-refractivity contribution in [2.75, 3.05) is 0 Å². The Morgan fingerprint density at radius 1 is 1.20 bits per heavy atom. The van der Waals surface area contributed by atoms with Crippen molar-refractivity contribution in [3.8, 4) is 0 Å². The zero-order chi connectivity index (χ0) is 12.1. The molecule has 1 atom stereocenters. The van der Waals surface area contributed by atoms with Crippen LogP contribution < -0.4 is 0 Å². The van der Waals surface area contributed by atoms with Gasteiger partial charge in [-0.1, -0.05) is 70.7 Å². The lowest BCUT2D eigenvalue weighted by molar-refractivity contribution is 0.743. The minimum absolute atomic E-state index is 0.491. The Hall–Kier alpha value is -1.04. The van der Waals surface area contributed by atoms with Crippen LogP contribution in [0.3, 0.4) is 0 Å². The SMILES string of the molecule is C=C/C=C(\C=C)C(/C=C\C)CC.CCC. The summed E-state index contributed by atoms with van der Waals surface area (Å²) in [6.45, 7) is 15.9. The first-order valence-electron chi connectivity index (χ1n) is 5.79. The van der Waals surface area contributed by atoms with Crippen molar-refractivity contribution in [3.05, 3.63) is 49.1 Å². The summed E-state index contributed by atoms with van der Waals surface area (Å²) in [5, 5.41) is 0. The lowest BCUT2D eigenvalue weighted by Gasteiger charge is -2.10. The molecule has 0 radical (unpaired) electrons. The molecule has 0 saturated carbocycles. The van der Waals surface area contributed by atoms with E-state index in [4.69, 9.17) is 0 Å². The molecule has 0 heteroatoms. The lowest BCUT2D eigenvalue weighted by atomic mass is 9.95. The monoisotopic (exact) mass is 206 g/mol. The second-order valence-electron chi connectivity index (χ2n) is 3.35. The molecule has 0 bridgehead atoms. The van der Waals surface area contributed by atoms with E-state index in [1.165, 1.54) is 12.0 Å². The third-order valence-electron chi connectivity index (χ3n) is 1.84. The molecule has 0 heterocycles. The smallest absolute Gasteiger partial charge is 0.00150 e. The first-order valence-corrected chi connectivity index (χ1v) is 5.79. The Kier molecular flexibility index (Phi) is 14.2. The highest BCUT2D eigenvalue weighted by atomic mass is 14.1. The topological polar surface area (TPSA) is 0 Å². The van der Waals surface area contributed by atoms with Gasteiger partial charge >= 0.3 is 0 Å². The van der Waals surface area contributed by atoms with Gasteiger partial charge in [-0.25, -0.2) is 0 Å². The summed E-state index contributed by atoms with van der Waals surface area (Å²) in [7, 11) is 0. The highest BCUT2D eigenvalue weighted by molar-refractivity contribution is 5.27. The molecule has 0 aliphatic heterocycles.